The summed E-state index contributed by atoms with van der Waals surface area (Å²) >= 11 is 0. The molecule has 0 bridgehead atoms. The molecular formula is C19H19NO. The predicted octanol–water partition coefficient (Wildman–Crippen LogP) is 3.59. The van der Waals surface area contributed by atoms with Crippen molar-refractivity contribution in [1.82, 2.24) is 4.90 Å². The van der Waals surface area contributed by atoms with E-state index in [4.69, 9.17) is 0 Å². The molecule has 0 radical (unpaired) electrons. The van der Waals surface area contributed by atoms with Gasteiger partial charge in [0.1, 0.15) is 0 Å². The molecule has 2 nitrogen and oxygen atoms in total. The number of amides is 1. The summed E-state index contributed by atoms with van der Waals surface area (Å²) < 4.78 is 0. The number of carbonyl (C=O) groups excluding carboxylic acids is 1. The lowest BCUT2D eigenvalue weighted by atomic mass is 9.90. The van der Waals surface area contributed by atoms with Gasteiger partial charge in [0, 0.05) is 12.6 Å². The van der Waals surface area contributed by atoms with Crippen LogP contribution in [0.2, 0.25) is 0 Å². The molecule has 2 aromatic carbocycles. The van der Waals surface area contributed by atoms with Crippen molar-refractivity contribution >= 4 is 5.91 Å². The van der Waals surface area contributed by atoms with Crippen molar-refractivity contribution in [2.24, 2.45) is 5.92 Å². The van der Waals surface area contributed by atoms with Crippen LogP contribution in [0.3, 0.4) is 0 Å². The molecule has 0 unspecified atom stereocenters. The number of fused-ring (bicyclic) bond motifs is 1. The highest BCUT2D eigenvalue weighted by Gasteiger charge is 2.52. The van der Waals surface area contributed by atoms with Crippen LogP contribution in [-0.2, 0) is 11.3 Å². The summed E-state index contributed by atoms with van der Waals surface area (Å²) in [5, 5.41) is 0. The fraction of sp³-hybridized carbons (Fsp3) is 0.316. The summed E-state index contributed by atoms with van der Waals surface area (Å²) in [7, 11) is 0. The Hall–Kier alpha value is -2.09. The largest absolute Gasteiger partial charge is 0.334 e. The molecule has 106 valence electrons. The number of hydrogen-bond acceptors (Lipinski definition) is 1. The Morgan fingerprint density at radius 3 is 2.29 bits per heavy atom. The quantitative estimate of drug-likeness (QED) is 0.785. The summed E-state index contributed by atoms with van der Waals surface area (Å²) in [6.07, 6.45) is 2.14. The van der Waals surface area contributed by atoms with Crippen molar-refractivity contribution in [1.29, 1.82) is 0 Å². The SMILES string of the molecule is O=C1[C@@H]2C[C@H](c3ccccc3)C[C@@H]2N1Cc1ccccc1. The van der Waals surface area contributed by atoms with E-state index >= 15 is 0 Å². The first kappa shape index (κ1) is 12.6. The molecule has 1 saturated heterocycles. The number of carbonyl (C=O) groups is 1. The molecule has 4 rings (SSSR count). The van der Waals surface area contributed by atoms with Crippen molar-refractivity contribution in [3.63, 3.8) is 0 Å². The van der Waals surface area contributed by atoms with E-state index in [0.717, 1.165) is 19.4 Å². The number of benzene rings is 2. The second kappa shape index (κ2) is 5.03. The van der Waals surface area contributed by atoms with Gasteiger partial charge in [-0.25, -0.2) is 0 Å². The first-order valence-electron chi connectivity index (χ1n) is 7.72. The second-order valence-electron chi connectivity index (χ2n) is 6.20. The van der Waals surface area contributed by atoms with Crippen molar-refractivity contribution < 1.29 is 4.79 Å². The molecule has 0 N–H and O–H groups in total. The molecule has 1 heterocycles. The lowest BCUT2D eigenvalue weighted by Gasteiger charge is -2.43. The summed E-state index contributed by atoms with van der Waals surface area (Å²) in [6, 6.07) is 21.4. The zero-order valence-electron chi connectivity index (χ0n) is 12.0. The van der Waals surface area contributed by atoms with Crippen molar-refractivity contribution in [2.45, 2.75) is 31.3 Å². The number of β-lactam (4-membered cyclic amide) rings is 1. The highest BCUT2D eigenvalue weighted by Crippen LogP contribution is 2.48. The highest BCUT2D eigenvalue weighted by atomic mass is 16.2. The van der Waals surface area contributed by atoms with Gasteiger partial charge in [0.2, 0.25) is 5.91 Å². The van der Waals surface area contributed by atoms with Gasteiger partial charge in [-0.2, -0.15) is 0 Å². The monoisotopic (exact) mass is 277 g/mol. The molecule has 1 saturated carbocycles. The number of nitrogens with zero attached hydrogens (tertiary/aromatic N) is 1. The van der Waals surface area contributed by atoms with E-state index in [-0.39, 0.29) is 5.92 Å². The fourth-order valence-corrected chi connectivity index (χ4v) is 3.89. The van der Waals surface area contributed by atoms with E-state index in [0.29, 0.717) is 17.9 Å². The predicted molar refractivity (Wildman–Crippen MR) is 82.7 cm³/mol. The van der Waals surface area contributed by atoms with Gasteiger partial charge in [0.05, 0.1) is 5.92 Å². The van der Waals surface area contributed by atoms with Crippen LogP contribution in [0.4, 0.5) is 0 Å². The molecule has 3 atom stereocenters. The van der Waals surface area contributed by atoms with Gasteiger partial charge >= 0.3 is 0 Å². The van der Waals surface area contributed by atoms with Gasteiger partial charge < -0.3 is 4.90 Å². The van der Waals surface area contributed by atoms with Crippen molar-refractivity contribution in [2.75, 3.05) is 0 Å². The van der Waals surface area contributed by atoms with E-state index in [9.17, 15) is 4.79 Å². The van der Waals surface area contributed by atoms with E-state index < -0.39 is 0 Å². The second-order valence-corrected chi connectivity index (χ2v) is 6.20. The molecule has 1 amide bonds. The molecule has 0 aromatic heterocycles. The Balaban J connectivity index is 1.48. The molecule has 1 aliphatic carbocycles. The zero-order valence-corrected chi connectivity index (χ0v) is 12.0. The van der Waals surface area contributed by atoms with Crippen LogP contribution in [0, 0.1) is 5.92 Å². The Bertz CT molecular complexity index is 637. The molecule has 2 aliphatic rings. The van der Waals surface area contributed by atoms with E-state index in [1.165, 1.54) is 11.1 Å². The molecule has 0 spiro atoms. The van der Waals surface area contributed by atoms with Crippen LogP contribution in [-0.4, -0.2) is 16.8 Å². The number of rotatable bonds is 3. The molecule has 1 aliphatic heterocycles. The Morgan fingerprint density at radius 2 is 1.57 bits per heavy atom. The molecule has 21 heavy (non-hydrogen) atoms. The minimum Gasteiger partial charge on any atom is -0.334 e. The van der Waals surface area contributed by atoms with Crippen LogP contribution in [0.5, 0.6) is 0 Å². The van der Waals surface area contributed by atoms with E-state index in [2.05, 4.69) is 47.4 Å². The maximum Gasteiger partial charge on any atom is 0.228 e. The van der Waals surface area contributed by atoms with Crippen LogP contribution in [0.25, 0.3) is 0 Å². The lowest BCUT2D eigenvalue weighted by molar-refractivity contribution is -0.154. The van der Waals surface area contributed by atoms with Gasteiger partial charge in [-0.15, -0.1) is 0 Å². The van der Waals surface area contributed by atoms with Gasteiger partial charge in [-0.1, -0.05) is 60.7 Å². The standard InChI is InChI=1S/C19H19NO/c21-19-17-11-16(15-9-5-2-6-10-15)12-18(17)20(19)13-14-7-3-1-4-8-14/h1-10,16-18H,11-13H2/t16-,17+,18-/m0/s1. The Kier molecular flexibility index (Phi) is 3.03. The average molecular weight is 277 g/mol. The molecule has 2 fully saturated rings. The van der Waals surface area contributed by atoms with Gasteiger partial charge in [0.25, 0.3) is 0 Å². The first-order valence-corrected chi connectivity index (χ1v) is 7.72. The minimum atomic E-state index is 0.263. The van der Waals surface area contributed by atoms with Gasteiger partial charge in [-0.05, 0) is 29.9 Å². The average Bonchev–Trinajstić information content (AvgIpc) is 2.95. The molecular weight excluding hydrogens is 258 g/mol. The minimum absolute atomic E-state index is 0.263. The third-order valence-corrected chi connectivity index (χ3v) is 5.00. The van der Waals surface area contributed by atoms with Crippen LogP contribution >= 0.6 is 0 Å². The van der Waals surface area contributed by atoms with Crippen LogP contribution in [0.1, 0.15) is 29.9 Å². The van der Waals surface area contributed by atoms with Crippen LogP contribution < -0.4 is 0 Å². The Morgan fingerprint density at radius 1 is 0.905 bits per heavy atom. The van der Waals surface area contributed by atoms with Crippen molar-refractivity contribution in [3.8, 4) is 0 Å². The van der Waals surface area contributed by atoms with Gasteiger partial charge in [-0.3, -0.25) is 4.79 Å². The zero-order chi connectivity index (χ0) is 14.2. The van der Waals surface area contributed by atoms with Gasteiger partial charge in [0.15, 0.2) is 0 Å². The Labute approximate surface area is 125 Å². The smallest absolute Gasteiger partial charge is 0.228 e. The highest BCUT2D eigenvalue weighted by molar-refractivity contribution is 5.86. The summed E-state index contributed by atoms with van der Waals surface area (Å²) in [6.45, 7) is 0.766. The van der Waals surface area contributed by atoms with E-state index in [1.807, 2.05) is 18.2 Å². The maximum absolute atomic E-state index is 12.4. The molecule has 2 heteroatoms. The maximum atomic E-state index is 12.4. The third kappa shape index (κ3) is 2.15. The van der Waals surface area contributed by atoms with Crippen LogP contribution in [0.15, 0.2) is 60.7 Å². The van der Waals surface area contributed by atoms with Crippen molar-refractivity contribution in [3.05, 3.63) is 71.8 Å². The normalized spacial score (nSPS) is 27.3. The number of hydrogen-bond donors (Lipinski definition) is 0. The third-order valence-electron chi connectivity index (χ3n) is 5.00. The van der Waals surface area contributed by atoms with E-state index in [1.54, 1.807) is 0 Å². The molecule has 2 aromatic rings. The number of likely N-dealkylation sites (tertiary alicyclic amines) is 1. The topological polar surface area (TPSA) is 20.3 Å². The summed E-state index contributed by atoms with van der Waals surface area (Å²) in [5.74, 6) is 1.16. The summed E-state index contributed by atoms with van der Waals surface area (Å²) in [5.41, 5.74) is 2.62. The lowest BCUT2D eigenvalue weighted by Crippen LogP contribution is -2.57. The summed E-state index contributed by atoms with van der Waals surface area (Å²) in [4.78, 5) is 14.4. The first-order chi connectivity index (χ1) is 10.3. The fourth-order valence-electron chi connectivity index (χ4n) is 3.89.